The molecule has 3 aromatic rings. The van der Waals surface area contributed by atoms with Crippen LogP contribution in [-0.4, -0.2) is 29.4 Å². The second-order valence-corrected chi connectivity index (χ2v) is 6.48. The standard InChI is InChI=1S/C21H16N4O5/c1-30-15-8-7-12(9-14(15)23-19(27)11-5-3-2-4-6-11)25-16(26)10-13-17(18(25)22)21(29)24-20(13)28/h2-10H,22H2,1H3,(H,23,27)(H,24,28,29). The van der Waals surface area contributed by atoms with E-state index in [0.717, 1.165) is 10.6 Å². The maximum atomic E-state index is 12.6. The number of ether oxygens (including phenoxy) is 1. The van der Waals surface area contributed by atoms with Crippen LogP contribution in [0, 0.1) is 0 Å². The highest BCUT2D eigenvalue weighted by Gasteiger charge is 2.32. The number of imide groups is 1. The molecule has 0 saturated carbocycles. The number of benzene rings is 2. The van der Waals surface area contributed by atoms with E-state index in [1.807, 2.05) is 0 Å². The van der Waals surface area contributed by atoms with Gasteiger partial charge in [0, 0.05) is 11.6 Å². The fraction of sp³-hybridized carbons (Fsp3) is 0.0476. The average molecular weight is 404 g/mol. The molecule has 0 radical (unpaired) electrons. The molecule has 150 valence electrons. The first kappa shape index (κ1) is 18.9. The van der Waals surface area contributed by atoms with Crippen molar-refractivity contribution < 1.29 is 19.1 Å². The molecule has 2 aromatic carbocycles. The Morgan fingerprint density at radius 2 is 1.77 bits per heavy atom. The highest BCUT2D eigenvalue weighted by Crippen LogP contribution is 2.29. The number of hydrogen-bond acceptors (Lipinski definition) is 6. The van der Waals surface area contributed by atoms with Gasteiger partial charge in [-0.05, 0) is 30.3 Å². The third kappa shape index (κ3) is 3.08. The summed E-state index contributed by atoms with van der Waals surface area (Å²) in [6.45, 7) is 0. The first-order chi connectivity index (χ1) is 14.4. The molecule has 9 heteroatoms. The van der Waals surface area contributed by atoms with Crippen molar-refractivity contribution in [1.82, 2.24) is 9.88 Å². The number of amides is 3. The van der Waals surface area contributed by atoms with Crippen LogP contribution in [0.15, 0.2) is 59.4 Å². The van der Waals surface area contributed by atoms with Gasteiger partial charge in [-0.25, -0.2) is 0 Å². The van der Waals surface area contributed by atoms with E-state index in [2.05, 4.69) is 10.6 Å². The van der Waals surface area contributed by atoms with Gasteiger partial charge in [0.05, 0.1) is 29.6 Å². The lowest BCUT2D eigenvalue weighted by atomic mass is 10.1. The van der Waals surface area contributed by atoms with Crippen LogP contribution in [0.25, 0.3) is 5.69 Å². The zero-order valence-corrected chi connectivity index (χ0v) is 15.8. The van der Waals surface area contributed by atoms with E-state index in [-0.39, 0.29) is 28.5 Å². The Bertz CT molecular complexity index is 1260. The fourth-order valence-electron chi connectivity index (χ4n) is 3.26. The largest absolute Gasteiger partial charge is 0.495 e. The quantitative estimate of drug-likeness (QED) is 0.566. The van der Waals surface area contributed by atoms with Crippen LogP contribution in [0.3, 0.4) is 0 Å². The molecular formula is C21H16N4O5. The molecule has 1 aromatic heterocycles. The van der Waals surface area contributed by atoms with Gasteiger partial charge < -0.3 is 15.8 Å². The highest BCUT2D eigenvalue weighted by molar-refractivity contribution is 6.23. The lowest BCUT2D eigenvalue weighted by Gasteiger charge is -2.15. The molecule has 1 aliphatic heterocycles. The van der Waals surface area contributed by atoms with Crippen molar-refractivity contribution in [1.29, 1.82) is 0 Å². The summed E-state index contributed by atoms with van der Waals surface area (Å²) in [7, 11) is 1.44. The van der Waals surface area contributed by atoms with Crippen molar-refractivity contribution in [2.24, 2.45) is 0 Å². The molecule has 2 heterocycles. The molecule has 0 bridgehead atoms. The molecule has 4 rings (SSSR count). The van der Waals surface area contributed by atoms with Crippen LogP contribution in [0.1, 0.15) is 31.1 Å². The van der Waals surface area contributed by atoms with Crippen molar-refractivity contribution in [3.05, 3.63) is 81.6 Å². The van der Waals surface area contributed by atoms with E-state index in [1.165, 1.54) is 13.2 Å². The van der Waals surface area contributed by atoms with Crippen LogP contribution in [0.2, 0.25) is 0 Å². The van der Waals surface area contributed by atoms with E-state index in [1.54, 1.807) is 42.5 Å². The maximum Gasteiger partial charge on any atom is 0.262 e. The van der Waals surface area contributed by atoms with Crippen molar-refractivity contribution in [2.45, 2.75) is 0 Å². The normalized spacial score (nSPS) is 12.3. The van der Waals surface area contributed by atoms with Crippen LogP contribution >= 0.6 is 0 Å². The predicted molar refractivity (Wildman–Crippen MR) is 109 cm³/mol. The number of fused-ring (bicyclic) bond motifs is 1. The van der Waals surface area contributed by atoms with Crippen LogP contribution in [-0.2, 0) is 0 Å². The van der Waals surface area contributed by atoms with Gasteiger partial charge in [-0.2, -0.15) is 0 Å². The SMILES string of the molecule is COc1ccc(-n2c(N)c3c(cc2=O)C(=O)NC3=O)cc1NC(=O)c1ccccc1. The van der Waals surface area contributed by atoms with Crippen molar-refractivity contribution >= 4 is 29.2 Å². The molecule has 30 heavy (non-hydrogen) atoms. The molecular weight excluding hydrogens is 388 g/mol. The third-order valence-corrected chi connectivity index (χ3v) is 4.68. The third-order valence-electron chi connectivity index (χ3n) is 4.68. The Morgan fingerprint density at radius 3 is 2.47 bits per heavy atom. The van der Waals surface area contributed by atoms with Crippen molar-refractivity contribution in [3.8, 4) is 11.4 Å². The molecule has 0 atom stereocenters. The molecule has 4 N–H and O–H groups in total. The molecule has 1 aliphatic rings. The summed E-state index contributed by atoms with van der Waals surface area (Å²) >= 11 is 0. The van der Waals surface area contributed by atoms with Gasteiger partial charge in [-0.1, -0.05) is 18.2 Å². The summed E-state index contributed by atoms with van der Waals surface area (Å²) < 4.78 is 6.39. The van der Waals surface area contributed by atoms with E-state index in [0.29, 0.717) is 17.0 Å². The minimum atomic E-state index is -0.674. The molecule has 0 unspecified atom stereocenters. The number of aromatic nitrogens is 1. The van der Waals surface area contributed by atoms with Gasteiger partial charge in [0.1, 0.15) is 11.6 Å². The zero-order valence-electron chi connectivity index (χ0n) is 15.8. The van der Waals surface area contributed by atoms with Crippen molar-refractivity contribution in [2.75, 3.05) is 18.2 Å². The summed E-state index contributed by atoms with van der Waals surface area (Å²) in [5.41, 5.74) is 6.37. The number of carbonyl (C=O) groups excluding carboxylic acids is 3. The number of nitrogens with zero attached hydrogens (tertiary/aromatic N) is 1. The van der Waals surface area contributed by atoms with Gasteiger partial charge in [-0.3, -0.25) is 29.1 Å². The minimum Gasteiger partial charge on any atom is -0.495 e. The fourth-order valence-corrected chi connectivity index (χ4v) is 3.26. The summed E-state index contributed by atoms with van der Waals surface area (Å²) in [5.74, 6) is -1.52. The van der Waals surface area contributed by atoms with E-state index >= 15 is 0 Å². The smallest absolute Gasteiger partial charge is 0.262 e. The number of anilines is 2. The molecule has 0 fully saturated rings. The first-order valence-corrected chi connectivity index (χ1v) is 8.86. The lowest BCUT2D eigenvalue weighted by Crippen LogP contribution is -2.24. The Morgan fingerprint density at radius 1 is 1.03 bits per heavy atom. The van der Waals surface area contributed by atoms with E-state index < -0.39 is 17.4 Å². The second kappa shape index (κ2) is 7.21. The molecule has 3 amide bonds. The molecule has 0 saturated heterocycles. The monoisotopic (exact) mass is 404 g/mol. The zero-order chi connectivity index (χ0) is 21.4. The van der Waals surface area contributed by atoms with Gasteiger partial charge in [0.25, 0.3) is 23.3 Å². The van der Waals surface area contributed by atoms with Crippen LogP contribution in [0.4, 0.5) is 11.5 Å². The Labute approximate surface area is 170 Å². The van der Waals surface area contributed by atoms with Crippen LogP contribution in [0.5, 0.6) is 5.75 Å². The van der Waals surface area contributed by atoms with Crippen LogP contribution < -0.4 is 26.7 Å². The number of nitrogen functional groups attached to an aromatic ring is 1. The average Bonchev–Trinajstić information content (AvgIpc) is 3.02. The number of hydrogen-bond donors (Lipinski definition) is 3. The Balaban J connectivity index is 1.80. The minimum absolute atomic E-state index is 0.0645. The number of pyridine rings is 1. The number of nitrogens with two attached hydrogens (primary N) is 1. The van der Waals surface area contributed by atoms with Gasteiger partial charge in [-0.15, -0.1) is 0 Å². The Hall–Kier alpha value is -4.40. The van der Waals surface area contributed by atoms with E-state index in [4.69, 9.17) is 10.5 Å². The maximum absolute atomic E-state index is 12.6. The number of nitrogens with one attached hydrogen (secondary N) is 2. The highest BCUT2D eigenvalue weighted by atomic mass is 16.5. The first-order valence-electron chi connectivity index (χ1n) is 8.86. The van der Waals surface area contributed by atoms with Gasteiger partial charge in [0.15, 0.2) is 0 Å². The van der Waals surface area contributed by atoms with Gasteiger partial charge >= 0.3 is 0 Å². The summed E-state index contributed by atoms with van der Waals surface area (Å²) in [5, 5.41) is 4.86. The lowest BCUT2D eigenvalue weighted by molar-refractivity contribution is 0.0879. The molecule has 0 spiro atoms. The van der Waals surface area contributed by atoms with Crippen molar-refractivity contribution in [3.63, 3.8) is 0 Å². The summed E-state index contributed by atoms with van der Waals surface area (Å²) in [4.78, 5) is 49.1. The van der Waals surface area contributed by atoms with Gasteiger partial charge in [0.2, 0.25) is 0 Å². The molecule has 9 nitrogen and oxygen atoms in total. The molecule has 0 aliphatic carbocycles. The number of methoxy groups -OCH3 is 1. The second-order valence-electron chi connectivity index (χ2n) is 6.48. The summed E-state index contributed by atoms with van der Waals surface area (Å²) in [6, 6.07) is 14.2. The number of carbonyl (C=O) groups is 3. The number of rotatable bonds is 4. The summed E-state index contributed by atoms with van der Waals surface area (Å²) in [6.07, 6.45) is 0. The van der Waals surface area contributed by atoms with E-state index in [9.17, 15) is 19.2 Å². The predicted octanol–water partition coefficient (Wildman–Crippen LogP) is 1.56. The topological polar surface area (TPSA) is 133 Å². The Kier molecular flexibility index (Phi) is 4.55.